The third-order valence-electron chi connectivity index (χ3n) is 7.21. The molecule has 0 saturated heterocycles. The number of halogens is 6. The van der Waals surface area contributed by atoms with Crippen molar-refractivity contribution in [1.82, 2.24) is 5.32 Å². The minimum atomic E-state index is -0.882. The van der Waals surface area contributed by atoms with Gasteiger partial charge in [0.2, 0.25) is 11.9 Å². The molecule has 0 spiro atoms. The van der Waals surface area contributed by atoms with Gasteiger partial charge in [-0.3, -0.25) is 10.1 Å². The van der Waals surface area contributed by atoms with E-state index in [9.17, 15) is 18.0 Å². The first kappa shape index (κ1) is 24.3. The molecule has 2 N–H and O–H groups in total. The van der Waals surface area contributed by atoms with Gasteiger partial charge in [-0.1, -0.05) is 0 Å². The topological polar surface area (TPSA) is 53.5 Å². The average molecular weight is 664 g/mol. The Balaban J connectivity index is 1.51. The maximum Gasteiger partial charge on any atom is 0.232 e. The zero-order valence-corrected chi connectivity index (χ0v) is 22.7. The summed E-state index contributed by atoms with van der Waals surface area (Å²) in [5, 5.41) is 5.89. The van der Waals surface area contributed by atoms with Gasteiger partial charge >= 0.3 is 0 Å². The molecule has 4 aliphatic carbocycles. The van der Waals surface area contributed by atoms with E-state index in [1.54, 1.807) is 0 Å². The molecule has 4 saturated carbocycles. The zero-order chi connectivity index (χ0) is 24.2. The van der Waals surface area contributed by atoms with Gasteiger partial charge in [-0.25, -0.2) is 18.2 Å². The Kier molecular flexibility index (Phi) is 6.61. The first-order chi connectivity index (χ1) is 16.1. The maximum absolute atomic E-state index is 14.6. The summed E-state index contributed by atoms with van der Waals surface area (Å²) in [5.74, 6) is -0.580. The highest BCUT2D eigenvalue weighted by atomic mass is 79.9. The summed E-state index contributed by atoms with van der Waals surface area (Å²) in [6.45, 7) is 0. The molecule has 0 atom stereocenters. The van der Waals surface area contributed by atoms with Crippen molar-refractivity contribution >= 4 is 71.0 Å². The molecule has 180 valence electrons. The van der Waals surface area contributed by atoms with Crippen LogP contribution in [0, 0.1) is 40.6 Å². The normalized spacial score (nSPS) is 27.7. The van der Waals surface area contributed by atoms with Gasteiger partial charge in [-0.15, -0.1) is 0 Å². The Labute approximate surface area is 220 Å². The van der Waals surface area contributed by atoms with E-state index < -0.39 is 22.9 Å². The standard InChI is InChI=1S/C24H21Br3F3N3O/c25-16-4-14(28)5-17(26)20(16)31-23(32-21-18(27)6-15(29)7-19(21)30)33-22(34)24-8-11-1-12(9-24)3-13(2-11)10-24/h4-7,11-13H,1-3,8-10H2,(H2,31,32,33,34). The molecule has 0 aromatic heterocycles. The van der Waals surface area contributed by atoms with Crippen LogP contribution in [0.3, 0.4) is 0 Å². The lowest BCUT2D eigenvalue weighted by molar-refractivity contribution is -0.144. The number of carbonyl (C=O) groups is 1. The Morgan fingerprint density at radius 3 is 1.88 bits per heavy atom. The molecule has 2 aromatic rings. The lowest BCUT2D eigenvalue weighted by atomic mass is 9.49. The van der Waals surface area contributed by atoms with Crippen molar-refractivity contribution in [3.8, 4) is 0 Å². The molecule has 10 heteroatoms. The summed E-state index contributed by atoms with van der Waals surface area (Å²) in [7, 11) is 0. The second-order valence-corrected chi connectivity index (χ2v) is 12.3. The number of hydrogen-bond donors (Lipinski definition) is 2. The number of aliphatic imine (C=N–C) groups is 1. The van der Waals surface area contributed by atoms with Gasteiger partial charge in [0.1, 0.15) is 17.3 Å². The SMILES string of the molecule is O=C(NC(=Nc1c(F)cc(F)cc1Br)Nc1c(Br)cc(F)cc1Br)C12CC3CC(CC(C3)C1)C2. The summed E-state index contributed by atoms with van der Waals surface area (Å²) in [6.07, 6.45) is 6.10. The van der Waals surface area contributed by atoms with E-state index in [4.69, 9.17) is 0 Å². The first-order valence-corrected chi connectivity index (χ1v) is 13.5. The van der Waals surface area contributed by atoms with E-state index in [-0.39, 0.29) is 22.0 Å². The van der Waals surface area contributed by atoms with E-state index in [1.165, 1.54) is 31.4 Å². The summed E-state index contributed by atoms with van der Waals surface area (Å²) >= 11 is 9.78. The van der Waals surface area contributed by atoms with Crippen molar-refractivity contribution < 1.29 is 18.0 Å². The molecule has 0 radical (unpaired) electrons. The van der Waals surface area contributed by atoms with E-state index >= 15 is 0 Å². The Hall–Kier alpha value is -1.39. The highest BCUT2D eigenvalue weighted by molar-refractivity contribution is 9.11. The van der Waals surface area contributed by atoms with Crippen molar-refractivity contribution in [2.24, 2.45) is 28.2 Å². The zero-order valence-electron chi connectivity index (χ0n) is 17.9. The van der Waals surface area contributed by atoms with Crippen LogP contribution in [0.2, 0.25) is 0 Å². The van der Waals surface area contributed by atoms with Crippen molar-refractivity contribution in [1.29, 1.82) is 0 Å². The van der Waals surface area contributed by atoms with Crippen LogP contribution in [-0.4, -0.2) is 11.9 Å². The molecular formula is C24H21Br3F3N3O. The monoisotopic (exact) mass is 661 g/mol. The van der Waals surface area contributed by atoms with E-state index in [1.807, 2.05) is 0 Å². The van der Waals surface area contributed by atoms with Crippen molar-refractivity contribution in [2.45, 2.75) is 38.5 Å². The van der Waals surface area contributed by atoms with Crippen LogP contribution in [0.5, 0.6) is 0 Å². The molecule has 6 rings (SSSR count). The van der Waals surface area contributed by atoms with Crippen molar-refractivity contribution in [3.05, 3.63) is 55.1 Å². The Bertz CT molecular complexity index is 1120. The maximum atomic E-state index is 14.6. The molecule has 34 heavy (non-hydrogen) atoms. The molecule has 2 aromatic carbocycles. The summed E-state index contributed by atoms with van der Waals surface area (Å²) in [4.78, 5) is 18.0. The van der Waals surface area contributed by atoms with Crippen LogP contribution in [0.15, 0.2) is 42.7 Å². The molecule has 4 aliphatic rings. The highest BCUT2D eigenvalue weighted by Crippen LogP contribution is 2.60. The average Bonchev–Trinajstić information content (AvgIpc) is 2.71. The van der Waals surface area contributed by atoms with Crippen LogP contribution >= 0.6 is 47.8 Å². The third kappa shape index (κ3) is 4.69. The minimum absolute atomic E-state index is 0.0278. The van der Waals surface area contributed by atoms with Gasteiger partial charge in [0, 0.05) is 19.5 Å². The number of benzene rings is 2. The van der Waals surface area contributed by atoms with E-state index in [0.29, 0.717) is 32.4 Å². The number of anilines is 1. The predicted octanol–water partition coefficient (Wildman–Crippen LogP) is 7.82. The van der Waals surface area contributed by atoms with E-state index in [0.717, 1.165) is 31.4 Å². The largest absolute Gasteiger partial charge is 0.324 e. The number of nitrogens with zero attached hydrogens (tertiary/aromatic N) is 1. The predicted molar refractivity (Wildman–Crippen MR) is 135 cm³/mol. The lowest BCUT2D eigenvalue weighted by Crippen LogP contribution is -2.55. The fourth-order valence-corrected chi connectivity index (χ4v) is 8.07. The van der Waals surface area contributed by atoms with Gasteiger partial charge in [-0.05, 0) is 122 Å². The molecule has 4 nitrogen and oxygen atoms in total. The smallest absolute Gasteiger partial charge is 0.232 e. The summed E-state index contributed by atoms with van der Waals surface area (Å²) in [5.41, 5.74) is -0.221. The molecule has 0 aliphatic heterocycles. The molecule has 0 unspecified atom stereocenters. The number of amides is 1. The molecule has 4 bridgehead atoms. The van der Waals surface area contributed by atoms with Gasteiger partial charge in [0.15, 0.2) is 5.82 Å². The molecular weight excluding hydrogens is 643 g/mol. The van der Waals surface area contributed by atoms with Crippen LogP contribution in [-0.2, 0) is 4.79 Å². The Morgan fingerprint density at radius 2 is 1.35 bits per heavy atom. The quantitative estimate of drug-likeness (QED) is 0.260. The first-order valence-electron chi connectivity index (χ1n) is 11.1. The highest BCUT2D eigenvalue weighted by Gasteiger charge is 2.54. The van der Waals surface area contributed by atoms with Gasteiger partial charge < -0.3 is 5.32 Å². The Morgan fingerprint density at radius 1 is 0.853 bits per heavy atom. The number of carbonyl (C=O) groups excluding carboxylic acids is 1. The lowest BCUT2D eigenvalue weighted by Gasteiger charge is -2.55. The second kappa shape index (κ2) is 9.24. The molecule has 0 heterocycles. The fourth-order valence-electron chi connectivity index (χ4n) is 6.25. The second-order valence-electron chi connectivity index (χ2n) is 9.70. The number of guanidine groups is 1. The van der Waals surface area contributed by atoms with Crippen LogP contribution in [0.4, 0.5) is 24.5 Å². The summed E-state index contributed by atoms with van der Waals surface area (Å²) in [6, 6.07) is 4.36. The van der Waals surface area contributed by atoms with Crippen molar-refractivity contribution in [2.75, 3.05) is 5.32 Å². The van der Waals surface area contributed by atoms with Crippen LogP contribution in [0.25, 0.3) is 0 Å². The minimum Gasteiger partial charge on any atom is -0.324 e. The van der Waals surface area contributed by atoms with Gasteiger partial charge in [0.05, 0.1) is 11.1 Å². The van der Waals surface area contributed by atoms with Gasteiger partial charge in [0.25, 0.3) is 0 Å². The fraction of sp³-hybridized carbons (Fsp3) is 0.417. The van der Waals surface area contributed by atoms with Crippen molar-refractivity contribution in [3.63, 3.8) is 0 Å². The number of nitrogens with one attached hydrogen (secondary N) is 2. The van der Waals surface area contributed by atoms with Crippen LogP contribution in [0.1, 0.15) is 38.5 Å². The summed E-state index contributed by atoms with van der Waals surface area (Å²) < 4.78 is 42.9. The number of rotatable bonds is 3. The van der Waals surface area contributed by atoms with E-state index in [2.05, 4.69) is 63.4 Å². The van der Waals surface area contributed by atoms with Crippen LogP contribution < -0.4 is 10.6 Å². The number of hydrogen-bond acceptors (Lipinski definition) is 2. The van der Waals surface area contributed by atoms with Gasteiger partial charge in [-0.2, -0.15) is 0 Å². The molecule has 1 amide bonds. The molecule has 4 fully saturated rings. The third-order valence-corrected chi connectivity index (χ3v) is 9.06.